The molecule has 0 aliphatic heterocycles. The van der Waals surface area contributed by atoms with Crippen LogP contribution < -0.4 is 0 Å². The first-order chi connectivity index (χ1) is 13.4. The van der Waals surface area contributed by atoms with Crippen molar-refractivity contribution in [1.82, 2.24) is 4.98 Å². The quantitative estimate of drug-likeness (QED) is 0.605. The monoisotopic (exact) mass is 307 g/mol. The molecule has 1 aromatic heterocycles. The molecule has 0 aliphatic rings. The van der Waals surface area contributed by atoms with Crippen molar-refractivity contribution in [2.75, 3.05) is 0 Å². The molecular weight excluding hydrogens is 278 g/mol. The molecule has 116 valence electrons. The third-order valence-electron chi connectivity index (χ3n) is 4.25. The number of hydrogen-bond acceptors (Lipinski definition) is 1. The highest BCUT2D eigenvalue weighted by Crippen LogP contribution is 2.35. The zero-order valence-corrected chi connectivity index (χ0v) is 13.3. The minimum Gasteiger partial charge on any atom is -0.256 e. The molecule has 3 aromatic rings. The van der Waals surface area contributed by atoms with Gasteiger partial charge in [0, 0.05) is 25.4 Å². The van der Waals surface area contributed by atoms with E-state index in [1.165, 1.54) is 6.20 Å². The average Bonchev–Trinajstić information content (AvgIpc) is 2.67. The van der Waals surface area contributed by atoms with Gasteiger partial charge in [0.2, 0.25) is 0 Å². The lowest BCUT2D eigenvalue weighted by Crippen LogP contribution is -2.20. The van der Waals surface area contributed by atoms with Gasteiger partial charge in [-0.05, 0) is 36.5 Å². The van der Waals surface area contributed by atoms with Crippen molar-refractivity contribution in [2.45, 2.75) is 33.0 Å². The highest BCUT2D eigenvalue weighted by molar-refractivity contribution is 5.62. The fourth-order valence-electron chi connectivity index (χ4n) is 2.78. The zero-order valence-electron chi connectivity index (χ0n) is 19.3. The lowest BCUT2D eigenvalue weighted by atomic mass is 9.76. The van der Waals surface area contributed by atoms with E-state index in [0.29, 0.717) is 11.3 Å². The molecule has 0 bridgehead atoms. The maximum atomic E-state index is 7.96. The summed E-state index contributed by atoms with van der Waals surface area (Å²) in [5.41, 5.74) is 2.93. The Balaban J connectivity index is 2.15. The number of pyridine rings is 1. The van der Waals surface area contributed by atoms with E-state index in [0.717, 1.165) is 11.1 Å². The Hall–Kier alpha value is -2.41. The summed E-state index contributed by atoms with van der Waals surface area (Å²) >= 11 is 0. The number of aryl methyl sites for hydroxylation is 2. The second-order valence-corrected chi connectivity index (χ2v) is 6.18. The average molecular weight is 307 g/mol. The van der Waals surface area contributed by atoms with Gasteiger partial charge < -0.3 is 0 Å². The zero-order chi connectivity index (χ0) is 21.4. The van der Waals surface area contributed by atoms with E-state index in [9.17, 15) is 0 Å². The third-order valence-corrected chi connectivity index (χ3v) is 4.25. The number of benzene rings is 2. The van der Waals surface area contributed by atoms with Crippen molar-refractivity contribution in [2.24, 2.45) is 0 Å². The first kappa shape index (κ1) is 9.67. The van der Waals surface area contributed by atoms with Crippen LogP contribution in [0.25, 0.3) is 11.3 Å². The van der Waals surface area contributed by atoms with Crippen LogP contribution in [0.1, 0.15) is 44.3 Å². The van der Waals surface area contributed by atoms with Crippen molar-refractivity contribution in [3.63, 3.8) is 0 Å². The summed E-state index contributed by atoms with van der Waals surface area (Å²) in [4.78, 5) is 4.37. The molecule has 23 heavy (non-hydrogen) atoms. The van der Waals surface area contributed by atoms with Crippen molar-refractivity contribution in [1.29, 1.82) is 0 Å². The Bertz CT molecular complexity index is 987. The molecule has 0 saturated carbocycles. The normalized spacial score (nSPS) is 16.4. The topological polar surface area (TPSA) is 12.9 Å². The van der Waals surface area contributed by atoms with Gasteiger partial charge in [0.1, 0.15) is 0 Å². The predicted molar refractivity (Wildman–Crippen MR) is 97.7 cm³/mol. The van der Waals surface area contributed by atoms with Crippen LogP contribution >= 0.6 is 0 Å². The minimum absolute atomic E-state index is 0.217. The van der Waals surface area contributed by atoms with Crippen molar-refractivity contribution in [3.8, 4) is 11.3 Å². The van der Waals surface area contributed by atoms with Crippen LogP contribution in [0.5, 0.6) is 0 Å². The van der Waals surface area contributed by atoms with Crippen LogP contribution in [-0.4, -0.2) is 4.98 Å². The number of nitrogens with zero attached hydrogens (tertiary/aromatic N) is 1. The molecule has 0 aliphatic carbocycles. The van der Waals surface area contributed by atoms with E-state index in [2.05, 4.69) is 4.98 Å². The Kier molecular flexibility index (Phi) is 2.52. The maximum absolute atomic E-state index is 7.96. The molecule has 1 heterocycles. The second kappa shape index (κ2) is 6.00. The van der Waals surface area contributed by atoms with Gasteiger partial charge in [0.25, 0.3) is 0 Å². The maximum Gasteiger partial charge on any atom is 0.0705 e. The van der Waals surface area contributed by atoms with Crippen LogP contribution in [0.3, 0.4) is 0 Å². The van der Waals surface area contributed by atoms with Crippen LogP contribution in [0.2, 0.25) is 0 Å². The van der Waals surface area contributed by atoms with E-state index < -0.39 is 19.1 Å². The molecule has 1 nitrogen and oxygen atoms in total. The summed E-state index contributed by atoms with van der Waals surface area (Å²) in [6.45, 7) is -0.474. The van der Waals surface area contributed by atoms with E-state index in [4.69, 9.17) is 8.22 Å². The summed E-state index contributed by atoms with van der Waals surface area (Å²) in [5, 5.41) is 0. The Morgan fingerprint density at radius 2 is 1.65 bits per heavy atom. The molecular formula is C22H23N. The number of aromatic nitrogens is 1. The van der Waals surface area contributed by atoms with Gasteiger partial charge in [0.15, 0.2) is 0 Å². The summed E-state index contributed by atoms with van der Waals surface area (Å²) in [6, 6.07) is 18.1. The molecule has 3 rings (SSSR count). The highest BCUT2D eigenvalue weighted by Gasteiger charge is 2.25. The molecule has 0 unspecified atom stereocenters. The molecule has 0 fully saturated rings. The van der Waals surface area contributed by atoms with Gasteiger partial charge in [-0.1, -0.05) is 74.0 Å². The molecule has 0 saturated heterocycles. The summed E-state index contributed by atoms with van der Waals surface area (Å²) in [6.07, 6.45) is 1.42. The van der Waals surface area contributed by atoms with Crippen molar-refractivity contribution < 1.29 is 8.22 Å². The largest absolute Gasteiger partial charge is 0.256 e. The summed E-state index contributed by atoms with van der Waals surface area (Å²) in [7, 11) is 0. The molecule has 2 aromatic carbocycles. The molecule has 1 heteroatoms. The molecule has 0 amide bonds. The Morgan fingerprint density at radius 3 is 2.30 bits per heavy atom. The second-order valence-electron chi connectivity index (χ2n) is 6.18. The van der Waals surface area contributed by atoms with Crippen molar-refractivity contribution in [3.05, 3.63) is 89.1 Å². The van der Waals surface area contributed by atoms with Crippen molar-refractivity contribution >= 4 is 0 Å². The fourth-order valence-corrected chi connectivity index (χ4v) is 2.78. The minimum atomic E-state index is -2.29. The SMILES string of the molecule is [2H]C([2H])([2H])c1ccc(-c2cc(C(C)(C)c3ccccc3)c(C([2H])([2H])[2H])cn2)cc1. The van der Waals surface area contributed by atoms with Gasteiger partial charge in [-0.25, -0.2) is 0 Å². The van der Waals surface area contributed by atoms with E-state index in [1.807, 2.05) is 44.2 Å². The van der Waals surface area contributed by atoms with Crippen LogP contribution in [-0.2, 0) is 5.41 Å². The lowest BCUT2D eigenvalue weighted by molar-refractivity contribution is 0.635. The van der Waals surface area contributed by atoms with Crippen LogP contribution in [0.15, 0.2) is 66.9 Å². The third kappa shape index (κ3) is 3.05. The van der Waals surface area contributed by atoms with E-state index >= 15 is 0 Å². The van der Waals surface area contributed by atoms with E-state index in [1.54, 1.807) is 30.3 Å². The molecule has 0 spiro atoms. The summed E-state index contributed by atoms with van der Waals surface area (Å²) < 4.78 is 46.4. The Labute approximate surface area is 147 Å². The Morgan fingerprint density at radius 1 is 0.913 bits per heavy atom. The first-order valence-corrected chi connectivity index (χ1v) is 7.58. The van der Waals surface area contributed by atoms with Gasteiger partial charge in [-0.3, -0.25) is 4.98 Å². The van der Waals surface area contributed by atoms with Gasteiger partial charge in [-0.15, -0.1) is 0 Å². The van der Waals surface area contributed by atoms with Crippen LogP contribution in [0, 0.1) is 13.7 Å². The van der Waals surface area contributed by atoms with E-state index in [-0.39, 0.29) is 11.1 Å². The lowest BCUT2D eigenvalue weighted by Gasteiger charge is -2.28. The first-order valence-electron chi connectivity index (χ1n) is 10.6. The highest BCUT2D eigenvalue weighted by atomic mass is 14.7. The summed E-state index contributed by atoms with van der Waals surface area (Å²) in [5.74, 6) is 0. The molecule has 0 N–H and O–H groups in total. The standard InChI is InChI=1S/C22H23N/c1-16-10-12-18(13-11-16)21-14-20(17(2)15-23-21)22(3,4)19-8-6-5-7-9-19/h5-15H,1-4H3/i1D3,2D3. The van der Waals surface area contributed by atoms with Gasteiger partial charge >= 0.3 is 0 Å². The van der Waals surface area contributed by atoms with Crippen LogP contribution in [0.4, 0.5) is 0 Å². The predicted octanol–water partition coefficient (Wildman–Crippen LogP) is 5.69. The number of rotatable bonds is 3. The fraction of sp³-hybridized carbons (Fsp3) is 0.227. The molecule has 0 atom stereocenters. The number of hydrogen-bond donors (Lipinski definition) is 0. The van der Waals surface area contributed by atoms with Gasteiger partial charge in [-0.2, -0.15) is 0 Å². The smallest absolute Gasteiger partial charge is 0.0705 e. The molecule has 0 radical (unpaired) electrons. The van der Waals surface area contributed by atoms with Gasteiger partial charge in [0.05, 0.1) is 5.69 Å².